The normalized spacial score (nSPS) is 20.9. The van der Waals surface area contributed by atoms with Crippen LogP contribution in [0, 0.1) is 12.8 Å². The van der Waals surface area contributed by atoms with Crippen LogP contribution in [0.25, 0.3) is 0 Å². The molecule has 6 nitrogen and oxygen atoms in total. The molecule has 1 saturated heterocycles. The average Bonchev–Trinajstić information content (AvgIpc) is 2.46. The van der Waals surface area contributed by atoms with Gasteiger partial charge in [0.25, 0.3) is 0 Å². The molecule has 0 bridgehead atoms. The zero-order valence-electron chi connectivity index (χ0n) is 11.8. The third-order valence-electron chi connectivity index (χ3n) is 3.55. The SMILES string of the molecule is Cc1ccc(S(=O)(=O)NC(C(=O)O)[C@@H]2CCCOC2)cc1. The summed E-state index contributed by atoms with van der Waals surface area (Å²) in [5.41, 5.74) is 0.935. The molecule has 7 heteroatoms. The molecule has 0 aliphatic carbocycles. The van der Waals surface area contributed by atoms with E-state index in [-0.39, 0.29) is 17.4 Å². The predicted molar refractivity (Wildman–Crippen MR) is 76.5 cm³/mol. The number of rotatable bonds is 5. The summed E-state index contributed by atoms with van der Waals surface area (Å²) in [6.45, 7) is 2.70. The first-order valence-electron chi connectivity index (χ1n) is 6.80. The van der Waals surface area contributed by atoms with Gasteiger partial charge in [-0.2, -0.15) is 4.72 Å². The maximum atomic E-state index is 12.3. The Hall–Kier alpha value is -1.44. The molecule has 1 heterocycles. The summed E-state index contributed by atoms with van der Waals surface area (Å²) >= 11 is 0. The summed E-state index contributed by atoms with van der Waals surface area (Å²) in [7, 11) is -3.86. The Morgan fingerprint density at radius 3 is 2.57 bits per heavy atom. The van der Waals surface area contributed by atoms with Crippen LogP contribution in [0.2, 0.25) is 0 Å². The molecule has 2 N–H and O–H groups in total. The summed E-state index contributed by atoms with van der Waals surface area (Å²) in [6, 6.07) is 5.11. The zero-order chi connectivity index (χ0) is 15.5. The van der Waals surface area contributed by atoms with Crippen LogP contribution in [0.3, 0.4) is 0 Å². The fraction of sp³-hybridized carbons (Fsp3) is 0.500. The van der Waals surface area contributed by atoms with Gasteiger partial charge in [-0.1, -0.05) is 17.7 Å². The standard InChI is InChI=1S/C14H19NO5S/c1-10-4-6-12(7-5-10)21(18,19)15-13(14(16)17)11-3-2-8-20-9-11/h4-7,11,13,15H,2-3,8-9H2,1H3,(H,16,17)/t11-,13?/m1/s1. The molecule has 1 aromatic rings. The van der Waals surface area contributed by atoms with E-state index in [4.69, 9.17) is 4.74 Å². The second-order valence-corrected chi connectivity index (χ2v) is 6.94. The lowest BCUT2D eigenvalue weighted by atomic mass is 9.94. The minimum atomic E-state index is -3.86. The Balaban J connectivity index is 2.18. The number of benzene rings is 1. The largest absolute Gasteiger partial charge is 0.480 e. The predicted octanol–water partition coefficient (Wildman–Crippen LogP) is 1.15. The Kier molecular flexibility index (Phi) is 4.97. The van der Waals surface area contributed by atoms with Crippen molar-refractivity contribution in [3.8, 4) is 0 Å². The van der Waals surface area contributed by atoms with Gasteiger partial charge in [0, 0.05) is 12.5 Å². The van der Waals surface area contributed by atoms with Gasteiger partial charge in [0.2, 0.25) is 10.0 Å². The minimum Gasteiger partial charge on any atom is -0.480 e. The second kappa shape index (κ2) is 6.55. The van der Waals surface area contributed by atoms with Crippen molar-refractivity contribution in [2.45, 2.75) is 30.7 Å². The van der Waals surface area contributed by atoms with Gasteiger partial charge in [-0.05, 0) is 31.9 Å². The van der Waals surface area contributed by atoms with Crippen LogP contribution in [0.15, 0.2) is 29.2 Å². The molecule has 2 atom stereocenters. The molecule has 0 spiro atoms. The lowest BCUT2D eigenvalue weighted by Crippen LogP contribution is -2.48. The van der Waals surface area contributed by atoms with E-state index < -0.39 is 22.0 Å². The number of nitrogens with one attached hydrogen (secondary N) is 1. The van der Waals surface area contributed by atoms with Crippen LogP contribution >= 0.6 is 0 Å². The molecule has 2 rings (SSSR count). The molecule has 1 aliphatic heterocycles. The van der Waals surface area contributed by atoms with Crippen LogP contribution in [0.5, 0.6) is 0 Å². The molecular formula is C14H19NO5S. The van der Waals surface area contributed by atoms with Gasteiger partial charge in [0.05, 0.1) is 11.5 Å². The van der Waals surface area contributed by atoms with E-state index in [2.05, 4.69) is 4.72 Å². The summed E-state index contributed by atoms with van der Waals surface area (Å²) in [5.74, 6) is -1.53. The van der Waals surface area contributed by atoms with E-state index in [9.17, 15) is 18.3 Å². The Labute approximate surface area is 124 Å². The molecule has 1 unspecified atom stereocenters. The fourth-order valence-electron chi connectivity index (χ4n) is 2.33. The van der Waals surface area contributed by atoms with Gasteiger partial charge in [-0.3, -0.25) is 4.79 Å². The van der Waals surface area contributed by atoms with Gasteiger partial charge < -0.3 is 9.84 Å². The zero-order valence-corrected chi connectivity index (χ0v) is 12.6. The maximum Gasteiger partial charge on any atom is 0.322 e. The highest BCUT2D eigenvalue weighted by Crippen LogP contribution is 2.20. The van der Waals surface area contributed by atoms with Gasteiger partial charge in [0.15, 0.2) is 0 Å². The number of aryl methyl sites for hydroxylation is 1. The topological polar surface area (TPSA) is 92.7 Å². The van der Waals surface area contributed by atoms with Crippen LogP contribution < -0.4 is 4.72 Å². The lowest BCUT2D eigenvalue weighted by molar-refractivity contribution is -0.141. The third-order valence-corrected chi connectivity index (χ3v) is 5.00. The molecule has 0 saturated carbocycles. The molecule has 0 aromatic heterocycles. The smallest absolute Gasteiger partial charge is 0.322 e. The first kappa shape index (κ1) is 15.9. The number of carbonyl (C=O) groups is 1. The number of carboxylic acid groups (broad SMARTS) is 1. The maximum absolute atomic E-state index is 12.3. The Morgan fingerprint density at radius 2 is 2.05 bits per heavy atom. The van der Waals surface area contributed by atoms with Crippen molar-refractivity contribution in [3.63, 3.8) is 0 Å². The van der Waals surface area contributed by atoms with Crippen molar-refractivity contribution in [2.75, 3.05) is 13.2 Å². The van der Waals surface area contributed by atoms with E-state index in [1.54, 1.807) is 12.1 Å². The van der Waals surface area contributed by atoms with Crippen LogP contribution in [-0.4, -0.2) is 38.7 Å². The van der Waals surface area contributed by atoms with E-state index in [0.29, 0.717) is 13.0 Å². The molecular weight excluding hydrogens is 294 g/mol. The molecule has 1 aromatic carbocycles. The van der Waals surface area contributed by atoms with Crippen molar-refractivity contribution in [1.29, 1.82) is 0 Å². The Bertz CT molecular complexity index is 590. The summed E-state index contributed by atoms with van der Waals surface area (Å²) in [6.07, 6.45) is 1.37. The van der Waals surface area contributed by atoms with Gasteiger partial charge >= 0.3 is 5.97 Å². The van der Waals surface area contributed by atoms with Crippen molar-refractivity contribution >= 4 is 16.0 Å². The number of sulfonamides is 1. The van der Waals surface area contributed by atoms with Gasteiger partial charge in [0.1, 0.15) is 6.04 Å². The Morgan fingerprint density at radius 1 is 1.38 bits per heavy atom. The van der Waals surface area contributed by atoms with E-state index in [1.807, 2.05) is 6.92 Å². The minimum absolute atomic E-state index is 0.0658. The van der Waals surface area contributed by atoms with Gasteiger partial charge in [-0.25, -0.2) is 8.42 Å². The summed E-state index contributed by atoms with van der Waals surface area (Å²) in [5, 5.41) is 9.30. The fourth-order valence-corrected chi connectivity index (χ4v) is 3.59. The third kappa shape index (κ3) is 4.03. The number of hydrogen-bond acceptors (Lipinski definition) is 4. The first-order valence-corrected chi connectivity index (χ1v) is 8.28. The molecule has 0 amide bonds. The molecule has 1 aliphatic rings. The van der Waals surface area contributed by atoms with E-state index in [1.165, 1.54) is 12.1 Å². The van der Waals surface area contributed by atoms with Crippen LogP contribution in [0.4, 0.5) is 0 Å². The summed E-state index contributed by atoms with van der Waals surface area (Å²) < 4.78 is 32.1. The highest BCUT2D eigenvalue weighted by Gasteiger charge is 2.33. The number of carboxylic acids is 1. The monoisotopic (exact) mass is 313 g/mol. The van der Waals surface area contributed by atoms with Crippen molar-refractivity contribution in [2.24, 2.45) is 5.92 Å². The molecule has 0 radical (unpaired) electrons. The first-order chi connectivity index (χ1) is 9.90. The van der Waals surface area contributed by atoms with Crippen molar-refractivity contribution < 1.29 is 23.1 Å². The lowest BCUT2D eigenvalue weighted by Gasteiger charge is -2.27. The number of ether oxygens (including phenoxy) is 1. The number of aliphatic carboxylic acids is 1. The van der Waals surface area contributed by atoms with E-state index in [0.717, 1.165) is 12.0 Å². The van der Waals surface area contributed by atoms with Crippen LogP contribution in [0.1, 0.15) is 18.4 Å². The van der Waals surface area contributed by atoms with Crippen molar-refractivity contribution in [1.82, 2.24) is 4.72 Å². The number of hydrogen-bond donors (Lipinski definition) is 2. The van der Waals surface area contributed by atoms with Gasteiger partial charge in [-0.15, -0.1) is 0 Å². The highest BCUT2D eigenvalue weighted by molar-refractivity contribution is 7.89. The highest BCUT2D eigenvalue weighted by atomic mass is 32.2. The molecule has 1 fully saturated rings. The van der Waals surface area contributed by atoms with Crippen LogP contribution in [-0.2, 0) is 19.6 Å². The quantitative estimate of drug-likeness (QED) is 0.851. The molecule has 21 heavy (non-hydrogen) atoms. The molecule has 116 valence electrons. The van der Waals surface area contributed by atoms with Crippen molar-refractivity contribution in [3.05, 3.63) is 29.8 Å². The average molecular weight is 313 g/mol. The summed E-state index contributed by atoms with van der Waals surface area (Å²) in [4.78, 5) is 11.4. The second-order valence-electron chi connectivity index (χ2n) is 5.23. The van der Waals surface area contributed by atoms with E-state index >= 15 is 0 Å².